The van der Waals surface area contributed by atoms with Gasteiger partial charge in [0.1, 0.15) is 11.5 Å². The van der Waals surface area contributed by atoms with Crippen molar-refractivity contribution in [2.24, 2.45) is 0 Å². The highest BCUT2D eigenvalue weighted by Gasteiger charge is 2.25. The fourth-order valence-electron chi connectivity index (χ4n) is 3.93. The molecule has 0 radical (unpaired) electrons. The van der Waals surface area contributed by atoms with Crippen LogP contribution >= 0.6 is 11.3 Å². The van der Waals surface area contributed by atoms with E-state index < -0.39 is 0 Å². The lowest BCUT2D eigenvalue weighted by Gasteiger charge is -2.31. The lowest BCUT2D eigenvalue weighted by atomic mass is 9.91. The summed E-state index contributed by atoms with van der Waals surface area (Å²) in [5.74, 6) is 1.05. The van der Waals surface area contributed by atoms with Crippen LogP contribution in [0.15, 0.2) is 32.6 Å². The molecule has 0 atom stereocenters. The number of piperidine rings is 1. The molecule has 31 heavy (non-hydrogen) atoms. The Morgan fingerprint density at radius 2 is 2.06 bits per heavy atom. The van der Waals surface area contributed by atoms with Crippen molar-refractivity contribution in [3.05, 3.63) is 41.0 Å². The second-order valence-electron chi connectivity index (χ2n) is 7.66. The van der Waals surface area contributed by atoms with E-state index in [1.165, 1.54) is 23.5 Å². The molecule has 0 aliphatic carbocycles. The molecule has 0 bridgehead atoms. The summed E-state index contributed by atoms with van der Waals surface area (Å²) in [7, 11) is 0. The van der Waals surface area contributed by atoms with Crippen LogP contribution < -0.4 is 4.74 Å². The number of likely N-dealkylation sites (tertiary alicyclic amines) is 1. The molecule has 3 aromatic heterocycles. The largest absolute Gasteiger partial charge is 0.470 e. The van der Waals surface area contributed by atoms with Crippen LogP contribution in [0.3, 0.4) is 0 Å². The molecule has 8 nitrogen and oxygen atoms in total. The minimum atomic E-state index is -0.300. The molecule has 0 N–H and O–H groups in total. The Morgan fingerprint density at radius 1 is 1.19 bits per heavy atom. The van der Waals surface area contributed by atoms with Gasteiger partial charge in [0.2, 0.25) is 11.7 Å². The van der Waals surface area contributed by atoms with Crippen molar-refractivity contribution >= 4 is 22.3 Å². The Kier molecular flexibility index (Phi) is 5.65. The van der Waals surface area contributed by atoms with Crippen LogP contribution in [0, 0.1) is 12.7 Å². The normalized spacial score (nSPS) is 15.7. The Bertz CT molecular complexity index is 1160. The van der Waals surface area contributed by atoms with E-state index in [-0.39, 0.29) is 5.82 Å². The summed E-state index contributed by atoms with van der Waals surface area (Å²) >= 11 is 1.43. The molecule has 0 spiro atoms. The monoisotopic (exact) mass is 443 g/mol. The number of halogens is 1. The average Bonchev–Trinajstić information content (AvgIpc) is 3.51. The molecule has 1 aromatic carbocycles. The van der Waals surface area contributed by atoms with Crippen molar-refractivity contribution in [2.45, 2.75) is 32.1 Å². The predicted molar refractivity (Wildman–Crippen MR) is 113 cm³/mol. The van der Waals surface area contributed by atoms with E-state index in [9.17, 15) is 4.39 Å². The summed E-state index contributed by atoms with van der Waals surface area (Å²) in [6.45, 7) is 5.33. The number of benzene rings is 1. The Labute approximate surface area is 182 Å². The van der Waals surface area contributed by atoms with Crippen LogP contribution in [0.2, 0.25) is 0 Å². The molecule has 1 saturated heterocycles. The summed E-state index contributed by atoms with van der Waals surface area (Å²) in [5.41, 5.74) is 2.14. The molecule has 4 heterocycles. The van der Waals surface area contributed by atoms with Gasteiger partial charge in [0, 0.05) is 36.2 Å². The van der Waals surface area contributed by atoms with Crippen LogP contribution in [0.5, 0.6) is 5.19 Å². The standard InChI is InChI=1S/C21H22FN5O3S/c1-13-23-20(26-29-13)17-12-31-21(24-17)28-10-2-7-27-8-5-14(6-9-27)19-16-4-3-15(22)11-18(16)30-25-19/h3-4,11-12,14H,2,5-10H2,1H3. The summed E-state index contributed by atoms with van der Waals surface area (Å²) < 4.78 is 29.5. The number of aromatic nitrogens is 4. The van der Waals surface area contributed by atoms with Crippen LogP contribution in [-0.4, -0.2) is 51.4 Å². The Hall–Kier alpha value is -2.85. The highest BCUT2D eigenvalue weighted by Crippen LogP contribution is 2.32. The summed E-state index contributed by atoms with van der Waals surface area (Å²) in [4.78, 5) is 11.0. The van der Waals surface area contributed by atoms with E-state index in [0.29, 0.717) is 40.7 Å². The fourth-order valence-corrected chi connectivity index (χ4v) is 4.61. The predicted octanol–water partition coefficient (Wildman–Crippen LogP) is 4.43. The number of thiazole rings is 1. The number of nitrogens with zero attached hydrogens (tertiary/aromatic N) is 5. The third-order valence-corrected chi connectivity index (χ3v) is 6.27. The molecule has 1 fully saturated rings. The van der Waals surface area contributed by atoms with Crippen LogP contribution in [0.25, 0.3) is 22.5 Å². The number of hydrogen-bond acceptors (Lipinski definition) is 9. The van der Waals surface area contributed by atoms with Crippen molar-refractivity contribution in [1.29, 1.82) is 0 Å². The number of fused-ring (bicyclic) bond motifs is 1. The Morgan fingerprint density at radius 3 is 2.87 bits per heavy atom. The van der Waals surface area contributed by atoms with Gasteiger partial charge in [-0.25, -0.2) is 4.39 Å². The Balaban J connectivity index is 1.07. The zero-order valence-corrected chi connectivity index (χ0v) is 17.9. The van der Waals surface area contributed by atoms with E-state index in [2.05, 4.69) is 25.2 Å². The molecule has 4 aromatic rings. The van der Waals surface area contributed by atoms with Crippen molar-refractivity contribution in [3.63, 3.8) is 0 Å². The first-order valence-electron chi connectivity index (χ1n) is 10.3. The highest BCUT2D eigenvalue weighted by atomic mass is 32.1. The average molecular weight is 444 g/mol. The van der Waals surface area contributed by atoms with Crippen molar-refractivity contribution in [2.75, 3.05) is 26.2 Å². The summed E-state index contributed by atoms with van der Waals surface area (Å²) in [6.07, 6.45) is 2.95. The number of rotatable bonds is 7. The summed E-state index contributed by atoms with van der Waals surface area (Å²) in [6, 6.07) is 4.63. The number of aryl methyl sites for hydroxylation is 1. The van der Waals surface area contributed by atoms with E-state index in [0.717, 1.165) is 50.0 Å². The first-order valence-corrected chi connectivity index (χ1v) is 11.2. The molecule has 0 amide bonds. The summed E-state index contributed by atoms with van der Waals surface area (Å²) in [5, 5.41) is 11.5. The minimum Gasteiger partial charge on any atom is -0.470 e. The van der Waals surface area contributed by atoms with Gasteiger partial charge in [0.25, 0.3) is 5.19 Å². The molecule has 5 rings (SSSR count). The third kappa shape index (κ3) is 4.45. The van der Waals surface area contributed by atoms with Gasteiger partial charge in [-0.2, -0.15) is 9.97 Å². The van der Waals surface area contributed by atoms with Gasteiger partial charge in [-0.1, -0.05) is 21.7 Å². The van der Waals surface area contributed by atoms with Gasteiger partial charge in [-0.15, -0.1) is 0 Å². The van der Waals surface area contributed by atoms with Gasteiger partial charge in [0.15, 0.2) is 5.58 Å². The van der Waals surface area contributed by atoms with Gasteiger partial charge < -0.3 is 18.7 Å². The van der Waals surface area contributed by atoms with Crippen molar-refractivity contribution in [3.8, 4) is 16.7 Å². The lowest BCUT2D eigenvalue weighted by Crippen LogP contribution is -2.34. The van der Waals surface area contributed by atoms with Crippen molar-refractivity contribution in [1.82, 2.24) is 25.2 Å². The molecule has 162 valence electrons. The molecule has 0 saturated carbocycles. The lowest BCUT2D eigenvalue weighted by molar-refractivity contribution is 0.190. The maximum Gasteiger partial charge on any atom is 0.273 e. The molecule has 1 aliphatic heterocycles. The van der Waals surface area contributed by atoms with E-state index in [4.69, 9.17) is 13.8 Å². The van der Waals surface area contributed by atoms with E-state index in [1.807, 2.05) is 5.38 Å². The zero-order chi connectivity index (χ0) is 21.2. The molecule has 0 unspecified atom stereocenters. The van der Waals surface area contributed by atoms with Gasteiger partial charge in [-0.05, 0) is 44.5 Å². The van der Waals surface area contributed by atoms with Crippen molar-refractivity contribution < 1.29 is 18.2 Å². The number of ether oxygens (including phenoxy) is 1. The molecular weight excluding hydrogens is 421 g/mol. The zero-order valence-electron chi connectivity index (χ0n) is 17.1. The maximum absolute atomic E-state index is 13.4. The van der Waals surface area contributed by atoms with Crippen LogP contribution in [-0.2, 0) is 0 Å². The van der Waals surface area contributed by atoms with Gasteiger partial charge in [0.05, 0.1) is 12.3 Å². The first-order chi connectivity index (χ1) is 15.2. The first kappa shape index (κ1) is 20.1. The molecule has 10 heteroatoms. The smallest absolute Gasteiger partial charge is 0.273 e. The van der Waals surface area contributed by atoms with Crippen LogP contribution in [0.4, 0.5) is 4.39 Å². The topological polar surface area (TPSA) is 90.3 Å². The van der Waals surface area contributed by atoms with Crippen LogP contribution in [0.1, 0.15) is 36.8 Å². The van der Waals surface area contributed by atoms with Gasteiger partial charge in [-0.3, -0.25) is 0 Å². The third-order valence-electron chi connectivity index (χ3n) is 5.52. The second-order valence-corrected chi connectivity index (χ2v) is 8.48. The van der Waals surface area contributed by atoms with Gasteiger partial charge >= 0.3 is 0 Å². The molecule has 1 aliphatic rings. The minimum absolute atomic E-state index is 0.300. The number of hydrogen-bond donors (Lipinski definition) is 0. The second kappa shape index (κ2) is 8.72. The highest BCUT2D eigenvalue weighted by molar-refractivity contribution is 7.11. The quantitative estimate of drug-likeness (QED) is 0.388. The fraction of sp³-hybridized carbons (Fsp3) is 0.429. The van der Waals surface area contributed by atoms with E-state index >= 15 is 0 Å². The SMILES string of the molecule is Cc1nc(-c2csc(OCCCN3CCC(c4noc5cc(F)ccc45)CC3)n2)no1. The van der Waals surface area contributed by atoms with E-state index in [1.54, 1.807) is 13.0 Å². The maximum atomic E-state index is 13.4. The molecular formula is C21H22FN5O3S.